The Hall–Kier alpha value is -1.50. The molecule has 1 heteroatoms. The Morgan fingerprint density at radius 2 is 1.68 bits per heavy atom. The maximum atomic E-state index is 2.57. The van der Waals surface area contributed by atoms with Crippen molar-refractivity contribution in [1.29, 1.82) is 0 Å². The predicted molar refractivity (Wildman–Crippen MR) is 83.2 cm³/mol. The molecule has 0 fully saturated rings. The number of anilines is 1. The molecule has 0 saturated heterocycles. The molecular weight excluding hydrogens is 230 g/mol. The first-order valence-electron chi connectivity index (χ1n) is 7.37. The van der Waals surface area contributed by atoms with E-state index in [9.17, 15) is 0 Å². The Morgan fingerprint density at radius 3 is 2.47 bits per heavy atom. The number of benzene rings is 1. The average molecular weight is 253 g/mol. The molecule has 19 heavy (non-hydrogen) atoms. The molecule has 1 aliphatic heterocycles. The lowest BCUT2D eigenvalue weighted by Gasteiger charge is -2.41. The van der Waals surface area contributed by atoms with Gasteiger partial charge in [-0.05, 0) is 63.7 Å². The summed E-state index contributed by atoms with van der Waals surface area (Å²) in [5, 5.41) is 0. The first-order valence-corrected chi connectivity index (χ1v) is 7.37. The molecule has 0 N–H and O–H groups in total. The molecule has 0 spiro atoms. The Balaban J connectivity index is 2.20. The smallest absolute Gasteiger partial charge is 0.0486 e. The van der Waals surface area contributed by atoms with E-state index in [4.69, 9.17) is 0 Å². The van der Waals surface area contributed by atoms with E-state index in [1.54, 1.807) is 5.70 Å². The van der Waals surface area contributed by atoms with Crippen LogP contribution in [0.3, 0.4) is 0 Å². The van der Waals surface area contributed by atoms with Crippen molar-refractivity contribution in [3.05, 3.63) is 47.2 Å². The molecule has 0 bridgehead atoms. The summed E-state index contributed by atoms with van der Waals surface area (Å²) >= 11 is 0. The summed E-state index contributed by atoms with van der Waals surface area (Å²) in [5.41, 5.74) is 5.90. The van der Waals surface area contributed by atoms with Crippen molar-refractivity contribution in [2.45, 2.75) is 52.0 Å². The summed E-state index contributed by atoms with van der Waals surface area (Å²) < 4.78 is 0. The number of hydrogen-bond acceptors (Lipinski definition) is 1. The summed E-state index contributed by atoms with van der Waals surface area (Å²) in [6.45, 7) is 6.94. The van der Waals surface area contributed by atoms with E-state index in [1.807, 2.05) is 0 Å². The fraction of sp³-hybridized carbons (Fsp3) is 0.444. The molecule has 0 aromatic heterocycles. The summed E-state index contributed by atoms with van der Waals surface area (Å²) in [6, 6.07) is 8.77. The Morgan fingerprint density at radius 1 is 0.947 bits per heavy atom. The fourth-order valence-corrected chi connectivity index (χ4v) is 3.28. The minimum Gasteiger partial charge on any atom is -0.339 e. The lowest BCUT2D eigenvalue weighted by atomic mass is 9.92. The summed E-state index contributed by atoms with van der Waals surface area (Å²) in [7, 11) is 0. The summed E-state index contributed by atoms with van der Waals surface area (Å²) in [4.78, 5) is 2.57. The lowest BCUT2D eigenvalue weighted by molar-refractivity contribution is 0.513. The molecule has 1 aliphatic carbocycles. The van der Waals surface area contributed by atoms with Crippen LogP contribution in [0.5, 0.6) is 0 Å². The standard InChI is InChI=1S/C18H23N/c1-18(2,3)19-16-10-6-4-8-14(16)12-13-15-9-5-7-11-17(15)19/h4,6,8,10,12-13H,5,7,9,11H2,1-3H3. The van der Waals surface area contributed by atoms with Crippen molar-refractivity contribution >= 4 is 11.8 Å². The van der Waals surface area contributed by atoms with Gasteiger partial charge in [0.05, 0.1) is 0 Å². The van der Waals surface area contributed by atoms with Crippen LogP contribution in [0.2, 0.25) is 0 Å². The molecule has 0 saturated carbocycles. The zero-order valence-electron chi connectivity index (χ0n) is 12.2. The largest absolute Gasteiger partial charge is 0.339 e. The molecule has 3 rings (SSSR count). The van der Waals surface area contributed by atoms with E-state index in [0.717, 1.165) is 0 Å². The zero-order valence-corrected chi connectivity index (χ0v) is 12.2. The van der Waals surface area contributed by atoms with Crippen LogP contribution in [0.1, 0.15) is 52.0 Å². The van der Waals surface area contributed by atoms with Gasteiger partial charge in [0.1, 0.15) is 0 Å². The fourth-order valence-electron chi connectivity index (χ4n) is 3.28. The number of allylic oxidation sites excluding steroid dienone is 3. The Labute approximate surface area is 116 Å². The van der Waals surface area contributed by atoms with Crippen LogP contribution in [-0.2, 0) is 0 Å². The van der Waals surface area contributed by atoms with E-state index in [0.29, 0.717) is 0 Å². The van der Waals surface area contributed by atoms with Crippen LogP contribution in [0, 0.1) is 0 Å². The van der Waals surface area contributed by atoms with Crippen molar-refractivity contribution in [3.8, 4) is 0 Å². The highest BCUT2D eigenvalue weighted by Gasteiger charge is 2.30. The first kappa shape index (κ1) is 12.5. The van der Waals surface area contributed by atoms with Gasteiger partial charge in [0, 0.05) is 16.9 Å². The van der Waals surface area contributed by atoms with Gasteiger partial charge < -0.3 is 4.90 Å². The third kappa shape index (κ3) is 2.22. The average Bonchev–Trinajstić information content (AvgIpc) is 2.54. The van der Waals surface area contributed by atoms with E-state index < -0.39 is 0 Å². The molecule has 0 unspecified atom stereocenters. The number of nitrogens with zero attached hydrogens (tertiary/aromatic N) is 1. The number of fused-ring (bicyclic) bond motifs is 1. The zero-order chi connectivity index (χ0) is 13.5. The number of hydrogen-bond donors (Lipinski definition) is 0. The van der Waals surface area contributed by atoms with Crippen molar-refractivity contribution in [2.24, 2.45) is 0 Å². The molecule has 2 aliphatic rings. The quantitative estimate of drug-likeness (QED) is 0.618. The van der Waals surface area contributed by atoms with Crippen LogP contribution in [-0.4, -0.2) is 5.54 Å². The van der Waals surface area contributed by atoms with E-state index in [-0.39, 0.29) is 5.54 Å². The van der Waals surface area contributed by atoms with Gasteiger partial charge in [-0.3, -0.25) is 0 Å². The Kier molecular flexibility index (Phi) is 3.00. The normalized spacial score (nSPS) is 19.0. The van der Waals surface area contributed by atoms with Crippen molar-refractivity contribution < 1.29 is 0 Å². The maximum Gasteiger partial charge on any atom is 0.0486 e. The van der Waals surface area contributed by atoms with Crippen LogP contribution in [0.25, 0.3) is 6.08 Å². The molecular formula is C18H23N. The maximum absolute atomic E-state index is 2.57. The van der Waals surface area contributed by atoms with Crippen molar-refractivity contribution in [2.75, 3.05) is 4.90 Å². The highest BCUT2D eigenvalue weighted by Crippen LogP contribution is 2.40. The second-order valence-electron chi connectivity index (χ2n) is 6.58. The second kappa shape index (κ2) is 4.56. The second-order valence-corrected chi connectivity index (χ2v) is 6.58. The molecule has 0 amide bonds. The number of para-hydroxylation sites is 1. The van der Waals surface area contributed by atoms with E-state index >= 15 is 0 Å². The highest BCUT2D eigenvalue weighted by molar-refractivity contribution is 5.75. The molecule has 1 aromatic carbocycles. The van der Waals surface area contributed by atoms with Gasteiger partial charge in [0.15, 0.2) is 0 Å². The van der Waals surface area contributed by atoms with Crippen LogP contribution in [0.4, 0.5) is 5.69 Å². The van der Waals surface area contributed by atoms with Gasteiger partial charge in [0.25, 0.3) is 0 Å². The van der Waals surface area contributed by atoms with Gasteiger partial charge in [-0.25, -0.2) is 0 Å². The molecule has 0 radical (unpaired) electrons. The third-order valence-corrected chi connectivity index (χ3v) is 4.06. The van der Waals surface area contributed by atoms with Crippen LogP contribution < -0.4 is 4.90 Å². The molecule has 0 atom stereocenters. The predicted octanol–water partition coefficient (Wildman–Crippen LogP) is 5.15. The highest BCUT2D eigenvalue weighted by atomic mass is 15.2. The SMILES string of the molecule is CC(C)(C)N1C2=C(C=Cc3ccccc31)CCCC2. The summed E-state index contributed by atoms with van der Waals surface area (Å²) in [5.74, 6) is 0. The Bertz CT molecular complexity index is 543. The van der Waals surface area contributed by atoms with E-state index in [2.05, 4.69) is 62.1 Å². The molecule has 1 nitrogen and oxygen atoms in total. The van der Waals surface area contributed by atoms with Crippen molar-refractivity contribution in [3.63, 3.8) is 0 Å². The van der Waals surface area contributed by atoms with Crippen LogP contribution in [0.15, 0.2) is 41.6 Å². The minimum atomic E-state index is 0.125. The molecule has 1 aromatic rings. The number of rotatable bonds is 0. The first-order chi connectivity index (χ1) is 9.07. The molecule has 100 valence electrons. The third-order valence-electron chi connectivity index (χ3n) is 4.06. The van der Waals surface area contributed by atoms with Gasteiger partial charge in [-0.15, -0.1) is 0 Å². The lowest BCUT2D eigenvalue weighted by Crippen LogP contribution is -2.42. The summed E-state index contributed by atoms with van der Waals surface area (Å²) in [6.07, 6.45) is 9.73. The van der Waals surface area contributed by atoms with Gasteiger partial charge in [-0.1, -0.05) is 30.4 Å². The minimum absolute atomic E-state index is 0.125. The monoisotopic (exact) mass is 253 g/mol. The van der Waals surface area contributed by atoms with Crippen molar-refractivity contribution in [1.82, 2.24) is 0 Å². The van der Waals surface area contributed by atoms with E-state index in [1.165, 1.54) is 42.5 Å². The molecule has 1 heterocycles. The van der Waals surface area contributed by atoms with Gasteiger partial charge in [-0.2, -0.15) is 0 Å². The van der Waals surface area contributed by atoms with Gasteiger partial charge >= 0.3 is 0 Å². The van der Waals surface area contributed by atoms with Gasteiger partial charge in [0.2, 0.25) is 0 Å². The topological polar surface area (TPSA) is 3.24 Å². The van der Waals surface area contributed by atoms with Crippen LogP contribution >= 0.6 is 0 Å².